The van der Waals surface area contributed by atoms with Crippen LogP contribution in [-0.4, -0.2) is 9.38 Å². The number of nitrogens with two attached hydrogens (primary N) is 1. The minimum absolute atomic E-state index is 0.634. The Morgan fingerprint density at radius 3 is 3.00 bits per heavy atom. The van der Waals surface area contributed by atoms with Crippen LogP contribution in [0.4, 0.5) is 5.82 Å². The first-order valence-electron chi connectivity index (χ1n) is 4.46. The lowest BCUT2D eigenvalue weighted by Crippen LogP contribution is -1.92. The highest BCUT2D eigenvalue weighted by atomic mass is 15.1. The Bertz CT molecular complexity index is 443. The molecule has 0 aliphatic carbocycles. The summed E-state index contributed by atoms with van der Waals surface area (Å²) >= 11 is 0. The van der Waals surface area contributed by atoms with Gasteiger partial charge in [0, 0.05) is 12.6 Å². The van der Waals surface area contributed by atoms with Gasteiger partial charge in [0.25, 0.3) is 0 Å². The van der Waals surface area contributed by atoms with Gasteiger partial charge in [0.05, 0.1) is 5.52 Å². The van der Waals surface area contributed by atoms with E-state index in [0.717, 1.165) is 17.8 Å². The van der Waals surface area contributed by atoms with Crippen LogP contribution in [0.1, 0.15) is 18.3 Å². The SMILES string of the molecule is CCc1nc(N)c2c(C)cccn12. The van der Waals surface area contributed by atoms with Gasteiger partial charge in [-0.25, -0.2) is 4.98 Å². The standard InChI is InChI=1S/C10H13N3/c1-3-8-12-10(11)9-7(2)5-4-6-13(8)9/h4-6H,3,11H2,1-2H3. The molecule has 0 aliphatic rings. The van der Waals surface area contributed by atoms with Crippen molar-refractivity contribution in [2.24, 2.45) is 0 Å². The van der Waals surface area contributed by atoms with Gasteiger partial charge in [0.2, 0.25) is 0 Å². The minimum atomic E-state index is 0.634. The first-order valence-corrected chi connectivity index (χ1v) is 4.46. The molecular weight excluding hydrogens is 162 g/mol. The Hall–Kier alpha value is -1.51. The molecule has 0 aromatic carbocycles. The molecule has 0 saturated heterocycles. The Balaban J connectivity index is 2.87. The van der Waals surface area contributed by atoms with Gasteiger partial charge in [-0.1, -0.05) is 13.0 Å². The van der Waals surface area contributed by atoms with Crippen LogP contribution in [-0.2, 0) is 6.42 Å². The Morgan fingerprint density at radius 1 is 1.54 bits per heavy atom. The molecule has 3 nitrogen and oxygen atoms in total. The second-order valence-corrected chi connectivity index (χ2v) is 3.18. The normalized spacial score (nSPS) is 10.9. The molecule has 2 aromatic rings. The number of rotatable bonds is 1. The van der Waals surface area contributed by atoms with E-state index in [4.69, 9.17) is 5.73 Å². The Morgan fingerprint density at radius 2 is 2.31 bits per heavy atom. The van der Waals surface area contributed by atoms with E-state index in [1.807, 2.05) is 25.3 Å². The highest BCUT2D eigenvalue weighted by Gasteiger charge is 2.07. The lowest BCUT2D eigenvalue weighted by molar-refractivity contribution is 0.933. The predicted molar refractivity (Wildman–Crippen MR) is 53.7 cm³/mol. The summed E-state index contributed by atoms with van der Waals surface area (Å²) in [5, 5.41) is 0. The molecule has 0 spiro atoms. The fourth-order valence-corrected chi connectivity index (χ4v) is 1.65. The second-order valence-electron chi connectivity index (χ2n) is 3.18. The van der Waals surface area contributed by atoms with Crippen molar-refractivity contribution in [3.63, 3.8) is 0 Å². The fourth-order valence-electron chi connectivity index (χ4n) is 1.65. The number of hydrogen-bond acceptors (Lipinski definition) is 2. The lowest BCUT2D eigenvalue weighted by Gasteiger charge is -1.99. The molecule has 2 rings (SSSR count). The molecule has 0 radical (unpaired) electrons. The maximum absolute atomic E-state index is 5.82. The molecule has 0 saturated carbocycles. The van der Waals surface area contributed by atoms with Gasteiger partial charge in [0.15, 0.2) is 0 Å². The van der Waals surface area contributed by atoms with Gasteiger partial charge in [-0.05, 0) is 18.6 Å². The van der Waals surface area contributed by atoms with Crippen LogP contribution in [0.2, 0.25) is 0 Å². The number of nitrogen functional groups attached to an aromatic ring is 1. The number of fused-ring (bicyclic) bond motifs is 1. The molecule has 0 unspecified atom stereocenters. The Kier molecular flexibility index (Phi) is 1.72. The first-order chi connectivity index (χ1) is 6.24. The van der Waals surface area contributed by atoms with Crippen molar-refractivity contribution in [2.75, 3.05) is 5.73 Å². The molecule has 0 fully saturated rings. The summed E-state index contributed by atoms with van der Waals surface area (Å²) < 4.78 is 2.06. The van der Waals surface area contributed by atoms with E-state index in [1.54, 1.807) is 0 Å². The summed E-state index contributed by atoms with van der Waals surface area (Å²) in [6.07, 6.45) is 2.91. The van der Waals surface area contributed by atoms with Crippen LogP contribution in [0.15, 0.2) is 18.3 Å². The van der Waals surface area contributed by atoms with Gasteiger partial charge in [-0.15, -0.1) is 0 Å². The molecule has 0 aliphatic heterocycles. The number of hydrogen-bond donors (Lipinski definition) is 1. The van der Waals surface area contributed by atoms with Crippen molar-refractivity contribution in [3.8, 4) is 0 Å². The number of pyridine rings is 1. The van der Waals surface area contributed by atoms with Gasteiger partial charge >= 0.3 is 0 Å². The average Bonchev–Trinajstić information content (AvgIpc) is 2.44. The van der Waals surface area contributed by atoms with Gasteiger partial charge in [-0.3, -0.25) is 0 Å². The second kappa shape index (κ2) is 2.76. The highest BCUT2D eigenvalue weighted by Crippen LogP contribution is 2.18. The molecule has 2 N–H and O–H groups in total. The zero-order valence-electron chi connectivity index (χ0n) is 7.91. The van der Waals surface area contributed by atoms with Crippen molar-refractivity contribution >= 4 is 11.3 Å². The minimum Gasteiger partial charge on any atom is -0.382 e. The summed E-state index contributed by atoms with van der Waals surface area (Å²) in [6.45, 7) is 4.13. The van der Waals surface area contributed by atoms with Crippen LogP contribution >= 0.6 is 0 Å². The number of anilines is 1. The first kappa shape index (κ1) is 8.10. The molecule has 2 heterocycles. The molecule has 0 atom stereocenters. The zero-order valence-corrected chi connectivity index (χ0v) is 7.91. The van der Waals surface area contributed by atoms with E-state index < -0.39 is 0 Å². The third-order valence-corrected chi connectivity index (χ3v) is 2.28. The molecule has 0 amide bonds. The monoisotopic (exact) mass is 175 g/mol. The van der Waals surface area contributed by atoms with Gasteiger partial charge in [-0.2, -0.15) is 0 Å². The zero-order chi connectivity index (χ0) is 9.42. The third kappa shape index (κ3) is 1.08. The van der Waals surface area contributed by atoms with Crippen LogP contribution in [0.3, 0.4) is 0 Å². The molecule has 13 heavy (non-hydrogen) atoms. The van der Waals surface area contributed by atoms with Crippen LogP contribution < -0.4 is 5.73 Å². The van der Waals surface area contributed by atoms with Gasteiger partial charge in [0.1, 0.15) is 11.6 Å². The fraction of sp³-hybridized carbons (Fsp3) is 0.300. The Labute approximate surface area is 77.2 Å². The summed E-state index contributed by atoms with van der Waals surface area (Å²) in [5.74, 6) is 1.66. The summed E-state index contributed by atoms with van der Waals surface area (Å²) in [6, 6.07) is 4.06. The largest absolute Gasteiger partial charge is 0.382 e. The van der Waals surface area contributed by atoms with E-state index in [9.17, 15) is 0 Å². The lowest BCUT2D eigenvalue weighted by atomic mass is 10.2. The highest BCUT2D eigenvalue weighted by molar-refractivity contribution is 5.70. The summed E-state index contributed by atoms with van der Waals surface area (Å²) in [4.78, 5) is 4.31. The molecule has 2 aromatic heterocycles. The van der Waals surface area contributed by atoms with Crippen molar-refractivity contribution in [2.45, 2.75) is 20.3 Å². The third-order valence-electron chi connectivity index (χ3n) is 2.28. The van der Waals surface area contributed by atoms with Crippen molar-refractivity contribution < 1.29 is 0 Å². The van der Waals surface area contributed by atoms with Crippen molar-refractivity contribution in [1.29, 1.82) is 0 Å². The number of aromatic nitrogens is 2. The van der Waals surface area contributed by atoms with Crippen LogP contribution in [0.25, 0.3) is 5.52 Å². The maximum Gasteiger partial charge on any atom is 0.150 e. The van der Waals surface area contributed by atoms with E-state index in [1.165, 1.54) is 5.56 Å². The van der Waals surface area contributed by atoms with E-state index in [-0.39, 0.29) is 0 Å². The van der Waals surface area contributed by atoms with E-state index >= 15 is 0 Å². The maximum atomic E-state index is 5.82. The number of aryl methyl sites for hydroxylation is 2. The number of imidazole rings is 1. The summed E-state index contributed by atoms with van der Waals surface area (Å²) in [7, 11) is 0. The summed E-state index contributed by atoms with van der Waals surface area (Å²) in [5.41, 5.74) is 8.04. The van der Waals surface area contributed by atoms with E-state index in [0.29, 0.717) is 5.82 Å². The topological polar surface area (TPSA) is 43.3 Å². The molecule has 3 heteroatoms. The predicted octanol–water partition coefficient (Wildman–Crippen LogP) is 1.79. The van der Waals surface area contributed by atoms with Gasteiger partial charge < -0.3 is 10.1 Å². The average molecular weight is 175 g/mol. The molecular formula is C10H13N3. The quantitative estimate of drug-likeness (QED) is 0.718. The van der Waals surface area contributed by atoms with Crippen molar-refractivity contribution in [1.82, 2.24) is 9.38 Å². The number of nitrogens with zero attached hydrogens (tertiary/aromatic N) is 2. The van der Waals surface area contributed by atoms with E-state index in [2.05, 4.69) is 16.3 Å². The van der Waals surface area contributed by atoms with Crippen LogP contribution in [0.5, 0.6) is 0 Å². The molecule has 0 bridgehead atoms. The molecule has 68 valence electrons. The van der Waals surface area contributed by atoms with Crippen LogP contribution in [0, 0.1) is 6.92 Å². The van der Waals surface area contributed by atoms with Crippen molar-refractivity contribution in [3.05, 3.63) is 29.7 Å². The smallest absolute Gasteiger partial charge is 0.150 e.